The van der Waals surface area contributed by atoms with Crippen LogP contribution in [0.4, 0.5) is 10.6 Å². The summed E-state index contributed by atoms with van der Waals surface area (Å²) in [7, 11) is 1.58. The van der Waals surface area contributed by atoms with E-state index in [4.69, 9.17) is 4.74 Å². The van der Waals surface area contributed by atoms with Gasteiger partial charge in [-0.05, 0) is 12.1 Å². The van der Waals surface area contributed by atoms with Crippen LogP contribution in [0.5, 0.6) is 0 Å². The Labute approximate surface area is 147 Å². The Hall–Kier alpha value is -2.48. The molecule has 8 nitrogen and oxygen atoms in total. The third kappa shape index (κ3) is 3.96. The molecule has 134 valence electrons. The fraction of sp³-hybridized carbons (Fsp3) is 0.529. The molecule has 0 fully saturated rings. The maximum atomic E-state index is 12.5. The molecule has 0 bridgehead atoms. The predicted octanol–water partition coefficient (Wildman–Crippen LogP) is 2.16. The molecule has 3 heterocycles. The summed E-state index contributed by atoms with van der Waals surface area (Å²) < 4.78 is 7.01. The molecule has 8 heteroatoms. The second-order valence-electron chi connectivity index (χ2n) is 7.14. The summed E-state index contributed by atoms with van der Waals surface area (Å²) in [4.78, 5) is 22.7. The molecule has 2 amide bonds. The van der Waals surface area contributed by atoms with E-state index < -0.39 is 0 Å². The van der Waals surface area contributed by atoms with Crippen LogP contribution in [0.3, 0.4) is 0 Å². The van der Waals surface area contributed by atoms with Crippen LogP contribution in [0.15, 0.2) is 18.3 Å². The Balaban J connectivity index is 1.68. The lowest BCUT2D eigenvalue weighted by molar-refractivity contribution is 0.177. The maximum absolute atomic E-state index is 12.5. The van der Waals surface area contributed by atoms with Gasteiger partial charge in [0.15, 0.2) is 5.82 Å². The Morgan fingerprint density at radius 2 is 2.16 bits per heavy atom. The summed E-state index contributed by atoms with van der Waals surface area (Å²) in [6, 6.07) is 3.58. The van der Waals surface area contributed by atoms with Crippen molar-refractivity contribution >= 4 is 11.8 Å². The number of fused-ring (bicyclic) bond motifs is 1. The van der Waals surface area contributed by atoms with Gasteiger partial charge in [0.05, 0.1) is 24.5 Å². The van der Waals surface area contributed by atoms with Gasteiger partial charge in [-0.1, -0.05) is 20.8 Å². The Bertz CT molecular complexity index is 765. The van der Waals surface area contributed by atoms with E-state index >= 15 is 0 Å². The monoisotopic (exact) mass is 344 g/mol. The topological polar surface area (TPSA) is 85.2 Å². The van der Waals surface area contributed by atoms with E-state index in [-0.39, 0.29) is 11.4 Å². The van der Waals surface area contributed by atoms with Crippen LogP contribution < -0.4 is 5.32 Å². The van der Waals surface area contributed by atoms with Crippen molar-refractivity contribution in [1.29, 1.82) is 0 Å². The standard InChI is InChI=1S/C17H24N6O2/c1-17(2,3)13-9-12-10-22(7-8-23(12)21-13)16(24)20-14-5-6-18-15(19-14)11-25-4/h5-6,9H,7-8,10-11H2,1-4H3,(H,18,19,20,24). The number of carbonyl (C=O) groups is 1. The van der Waals surface area contributed by atoms with Crippen molar-refractivity contribution in [3.8, 4) is 0 Å². The number of hydrogen-bond acceptors (Lipinski definition) is 5. The van der Waals surface area contributed by atoms with Crippen molar-refractivity contribution in [3.63, 3.8) is 0 Å². The molecule has 0 atom stereocenters. The van der Waals surface area contributed by atoms with Crippen LogP contribution in [-0.4, -0.2) is 44.3 Å². The zero-order chi connectivity index (χ0) is 18.0. The normalized spacial score (nSPS) is 14.3. The first-order chi connectivity index (χ1) is 11.9. The van der Waals surface area contributed by atoms with Crippen LogP contribution in [0, 0.1) is 0 Å². The van der Waals surface area contributed by atoms with E-state index in [1.54, 1.807) is 24.3 Å². The number of urea groups is 1. The molecule has 0 saturated heterocycles. The highest BCUT2D eigenvalue weighted by Gasteiger charge is 2.26. The second kappa shape index (κ2) is 6.79. The highest BCUT2D eigenvalue weighted by molar-refractivity contribution is 5.88. The number of rotatable bonds is 3. The molecule has 0 unspecified atom stereocenters. The van der Waals surface area contributed by atoms with Gasteiger partial charge in [-0.15, -0.1) is 0 Å². The zero-order valence-electron chi connectivity index (χ0n) is 15.1. The van der Waals surface area contributed by atoms with Gasteiger partial charge < -0.3 is 9.64 Å². The molecule has 0 aliphatic carbocycles. The second-order valence-corrected chi connectivity index (χ2v) is 7.14. The first-order valence-corrected chi connectivity index (χ1v) is 8.31. The summed E-state index contributed by atoms with van der Waals surface area (Å²) in [6.07, 6.45) is 1.61. The quantitative estimate of drug-likeness (QED) is 0.922. The van der Waals surface area contributed by atoms with E-state index in [1.165, 1.54) is 0 Å². The third-order valence-corrected chi connectivity index (χ3v) is 4.07. The van der Waals surface area contributed by atoms with Crippen LogP contribution >= 0.6 is 0 Å². The summed E-state index contributed by atoms with van der Waals surface area (Å²) in [5, 5.41) is 7.48. The summed E-state index contributed by atoms with van der Waals surface area (Å²) in [5.41, 5.74) is 2.09. The number of nitrogens with zero attached hydrogens (tertiary/aromatic N) is 5. The number of aromatic nitrogens is 4. The van der Waals surface area contributed by atoms with Gasteiger partial charge in [-0.25, -0.2) is 14.8 Å². The molecule has 0 radical (unpaired) electrons. The number of amides is 2. The average Bonchev–Trinajstić information content (AvgIpc) is 2.99. The van der Waals surface area contributed by atoms with E-state index in [0.717, 1.165) is 11.4 Å². The van der Waals surface area contributed by atoms with E-state index in [2.05, 4.69) is 47.2 Å². The van der Waals surface area contributed by atoms with Gasteiger partial charge in [0.1, 0.15) is 12.4 Å². The summed E-state index contributed by atoms with van der Waals surface area (Å²) in [6.45, 7) is 8.56. The van der Waals surface area contributed by atoms with E-state index in [1.807, 2.05) is 4.68 Å². The minimum atomic E-state index is -0.174. The smallest absolute Gasteiger partial charge is 0.323 e. The van der Waals surface area contributed by atoms with E-state index in [9.17, 15) is 4.79 Å². The third-order valence-electron chi connectivity index (χ3n) is 4.07. The highest BCUT2D eigenvalue weighted by Crippen LogP contribution is 2.24. The molecule has 1 aliphatic heterocycles. The molecular weight excluding hydrogens is 320 g/mol. The van der Waals surface area contributed by atoms with Gasteiger partial charge in [-0.3, -0.25) is 10.00 Å². The number of carbonyl (C=O) groups excluding carboxylic acids is 1. The van der Waals surface area contributed by atoms with Crippen molar-refractivity contribution in [3.05, 3.63) is 35.5 Å². The van der Waals surface area contributed by atoms with Crippen molar-refractivity contribution in [2.24, 2.45) is 0 Å². The minimum absolute atomic E-state index is 0.00383. The Kier molecular flexibility index (Phi) is 4.71. The number of nitrogens with one attached hydrogen (secondary N) is 1. The van der Waals surface area contributed by atoms with Crippen molar-refractivity contribution in [2.45, 2.75) is 45.9 Å². The first-order valence-electron chi connectivity index (χ1n) is 8.31. The number of methoxy groups -OCH3 is 1. The molecule has 1 N–H and O–H groups in total. The van der Waals surface area contributed by atoms with Gasteiger partial charge in [0.25, 0.3) is 0 Å². The number of ether oxygens (including phenoxy) is 1. The minimum Gasteiger partial charge on any atom is -0.377 e. The average molecular weight is 344 g/mol. The van der Waals surface area contributed by atoms with Gasteiger partial charge in [0, 0.05) is 25.3 Å². The van der Waals surface area contributed by atoms with Crippen molar-refractivity contribution in [2.75, 3.05) is 19.0 Å². The fourth-order valence-electron chi connectivity index (χ4n) is 2.66. The number of anilines is 1. The molecule has 2 aromatic rings. The molecule has 3 rings (SSSR count). The lowest BCUT2D eigenvalue weighted by atomic mass is 9.92. The first kappa shape index (κ1) is 17.3. The largest absolute Gasteiger partial charge is 0.377 e. The van der Waals surface area contributed by atoms with Gasteiger partial charge in [-0.2, -0.15) is 5.10 Å². The highest BCUT2D eigenvalue weighted by atomic mass is 16.5. The molecule has 0 aromatic carbocycles. The SMILES string of the molecule is COCc1nccc(NC(=O)N2CCn3nc(C(C)(C)C)cc3C2)n1. The van der Waals surface area contributed by atoms with Crippen LogP contribution in [0.2, 0.25) is 0 Å². The summed E-state index contributed by atoms with van der Waals surface area (Å²) >= 11 is 0. The molecular formula is C17H24N6O2. The van der Waals surface area contributed by atoms with Crippen molar-refractivity contribution in [1.82, 2.24) is 24.6 Å². The summed E-state index contributed by atoms with van der Waals surface area (Å²) in [5.74, 6) is 1.01. The Morgan fingerprint density at radius 3 is 2.88 bits per heavy atom. The van der Waals surface area contributed by atoms with Gasteiger partial charge in [0.2, 0.25) is 0 Å². The molecule has 0 saturated carbocycles. The van der Waals surface area contributed by atoms with Crippen LogP contribution in [-0.2, 0) is 29.8 Å². The Morgan fingerprint density at radius 1 is 1.36 bits per heavy atom. The van der Waals surface area contributed by atoms with Crippen LogP contribution in [0.1, 0.15) is 38.0 Å². The predicted molar refractivity (Wildman–Crippen MR) is 93.1 cm³/mol. The molecule has 1 aliphatic rings. The van der Waals surface area contributed by atoms with Gasteiger partial charge >= 0.3 is 6.03 Å². The lowest BCUT2D eigenvalue weighted by Gasteiger charge is -2.27. The fourth-order valence-corrected chi connectivity index (χ4v) is 2.66. The lowest BCUT2D eigenvalue weighted by Crippen LogP contribution is -2.41. The molecule has 2 aromatic heterocycles. The molecule has 0 spiro atoms. The molecule has 25 heavy (non-hydrogen) atoms. The van der Waals surface area contributed by atoms with Crippen LogP contribution in [0.25, 0.3) is 0 Å². The van der Waals surface area contributed by atoms with E-state index in [0.29, 0.717) is 37.9 Å². The number of hydrogen-bond donors (Lipinski definition) is 1. The van der Waals surface area contributed by atoms with Crippen molar-refractivity contribution < 1.29 is 9.53 Å². The zero-order valence-corrected chi connectivity index (χ0v) is 15.1. The maximum Gasteiger partial charge on any atom is 0.323 e.